The summed E-state index contributed by atoms with van der Waals surface area (Å²) in [5, 5.41) is 2.53. The zero-order chi connectivity index (χ0) is 16.0. The molecule has 3 rings (SSSR count). The predicted molar refractivity (Wildman–Crippen MR) is 96.2 cm³/mol. The molecule has 0 bridgehead atoms. The highest BCUT2D eigenvalue weighted by Crippen LogP contribution is 2.26. The van der Waals surface area contributed by atoms with E-state index in [-0.39, 0.29) is 0 Å². The van der Waals surface area contributed by atoms with Crippen LogP contribution >= 0.6 is 0 Å². The first-order chi connectivity index (χ1) is 10.1. The summed E-state index contributed by atoms with van der Waals surface area (Å²) in [5.74, 6) is 0. The van der Waals surface area contributed by atoms with Gasteiger partial charge in [0, 0.05) is 10.8 Å². The zero-order valence-corrected chi connectivity index (χ0v) is 14.4. The summed E-state index contributed by atoms with van der Waals surface area (Å²) in [6.07, 6.45) is 0. The highest BCUT2D eigenvalue weighted by atomic mass is 14.7. The fraction of sp³-hybridized carbons (Fsp3) is 0.350. The maximum Gasteiger partial charge on any atom is 0.0712 e. The van der Waals surface area contributed by atoms with Gasteiger partial charge in [-0.25, -0.2) is 4.98 Å². The molecule has 0 saturated heterocycles. The minimum atomic E-state index is 1.09. The largest absolute Gasteiger partial charge is 0.248 e. The molecule has 1 aromatic heterocycles. The summed E-state index contributed by atoms with van der Waals surface area (Å²) in [5.41, 5.74) is 6.08. The van der Waals surface area contributed by atoms with E-state index in [1.807, 2.05) is 27.7 Å². The Balaban J connectivity index is 0.000000510. The molecular formula is C20H27N. The summed E-state index contributed by atoms with van der Waals surface area (Å²) in [6.45, 7) is 14.4. The first kappa shape index (κ1) is 17.2. The molecule has 1 heterocycles. The molecule has 0 unspecified atom stereocenters. The van der Waals surface area contributed by atoms with Gasteiger partial charge in [-0.1, -0.05) is 51.0 Å². The predicted octanol–water partition coefficient (Wildman–Crippen LogP) is 6.37. The van der Waals surface area contributed by atoms with Gasteiger partial charge in [-0.2, -0.15) is 0 Å². The molecular weight excluding hydrogens is 254 g/mol. The van der Waals surface area contributed by atoms with E-state index in [2.05, 4.69) is 57.2 Å². The van der Waals surface area contributed by atoms with Crippen molar-refractivity contribution in [2.24, 2.45) is 0 Å². The molecule has 1 nitrogen and oxygen atoms in total. The van der Waals surface area contributed by atoms with Gasteiger partial charge in [0.25, 0.3) is 0 Å². The van der Waals surface area contributed by atoms with Crippen molar-refractivity contribution in [3.63, 3.8) is 0 Å². The minimum absolute atomic E-state index is 1.09. The van der Waals surface area contributed by atoms with Gasteiger partial charge in [-0.05, 0) is 50.6 Å². The molecule has 0 spiro atoms. The van der Waals surface area contributed by atoms with Crippen LogP contribution in [0.1, 0.15) is 44.4 Å². The number of nitrogens with zero attached hydrogens (tertiary/aromatic N) is 1. The molecule has 0 saturated carbocycles. The minimum Gasteiger partial charge on any atom is -0.248 e. The van der Waals surface area contributed by atoms with E-state index in [0.717, 1.165) is 11.0 Å². The quantitative estimate of drug-likeness (QED) is 0.436. The Hall–Kier alpha value is -1.89. The van der Waals surface area contributed by atoms with E-state index in [1.54, 1.807) is 0 Å². The Labute approximate surface area is 129 Å². The van der Waals surface area contributed by atoms with Crippen LogP contribution in [0.15, 0.2) is 36.4 Å². The van der Waals surface area contributed by atoms with Crippen LogP contribution < -0.4 is 0 Å². The molecule has 0 N–H and O–H groups in total. The maximum absolute atomic E-state index is 4.72. The smallest absolute Gasteiger partial charge is 0.0712 e. The van der Waals surface area contributed by atoms with Crippen LogP contribution in [0.4, 0.5) is 0 Å². The lowest BCUT2D eigenvalue weighted by Gasteiger charge is -2.08. The van der Waals surface area contributed by atoms with Gasteiger partial charge in [0.15, 0.2) is 0 Å². The van der Waals surface area contributed by atoms with Crippen molar-refractivity contribution >= 4 is 21.8 Å². The fourth-order valence-corrected chi connectivity index (χ4v) is 2.37. The van der Waals surface area contributed by atoms with Crippen molar-refractivity contribution in [1.29, 1.82) is 0 Å². The number of pyridine rings is 1. The number of benzene rings is 2. The Morgan fingerprint density at radius 3 is 1.38 bits per heavy atom. The number of aromatic nitrogens is 1. The molecule has 0 aliphatic carbocycles. The van der Waals surface area contributed by atoms with E-state index < -0.39 is 0 Å². The second kappa shape index (κ2) is 7.78. The second-order valence-corrected chi connectivity index (χ2v) is 4.78. The highest BCUT2D eigenvalue weighted by molar-refractivity contribution is 5.97. The molecule has 21 heavy (non-hydrogen) atoms. The van der Waals surface area contributed by atoms with Gasteiger partial charge >= 0.3 is 0 Å². The topological polar surface area (TPSA) is 12.9 Å². The van der Waals surface area contributed by atoms with Gasteiger partial charge in [0.2, 0.25) is 0 Å². The molecule has 0 fully saturated rings. The SMILES string of the molecule is CC.CC.Cc1ccc2nc3ccc(C)cc3c(C)c2c1. The monoisotopic (exact) mass is 281 g/mol. The molecule has 0 aliphatic rings. The van der Waals surface area contributed by atoms with Gasteiger partial charge in [-0.3, -0.25) is 0 Å². The lowest BCUT2D eigenvalue weighted by Crippen LogP contribution is -1.89. The second-order valence-electron chi connectivity index (χ2n) is 4.78. The van der Waals surface area contributed by atoms with Gasteiger partial charge in [0.1, 0.15) is 0 Å². The number of fused-ring (bicyclic) bond motifs is 2. The number of hydrogen-bond acceptors (Lipinski definition) is 1. The summed E-state index contributed by atoms with van der Waals surface area (Å²) >= 11 is 0. The molecule has 0 aliphatic heterocycles. The molecule has 1 heteroatoms. The van der Waals surface area contributed by atoms with E-state index in [4.69, 9.17) is 4.98 Å². The van der Waals surface area contributed by atoms with Crippen molar-refractivity contribution in [2.45, 2.75) is 48.5 Å². The number of rotatable bonds is 0. The summed E-state index contributed by atoms with van der Waals surface area (Å²) < 4.78 is 0. The Bertz CT molecular complexity index is 667. The average Bonchev–Trinajstić information content (AvgIpc) is 2.53. The van der Waals surface area contributed by atoms with E-state index >= 15 is 0 Å². The third-order valence-corrected chi connectivity index (χ3v) is 3.35. The summed E-state index contributed by atoms with van der Waals surface area (Å²) in [4.78, 5) is 4.72. The first-order valence-corrected chi connectivity index (χ1v) is 7.92. The van der Waals surface area contributed by atoms with Crippen molar-refractivity contribution < 1.29 is 0 Å². The number of aryl methyl sites for hydroxylation is 3. The standard InChI is InChI=1S/C16H15N.2C2H6/c1-10-4-6-15-13(8-10)12(3)14-9-11(2)5-7-16(14)17-15;2*1-2/h4-9H,1-3H3;2*1-2H3. The van der Waals surface area contributed by atoms with Crippen LogP contribution in [0.2, 0.25) is 0 Å². The molecule has 0 atom stereocenters. The van der Waals surface area contributed by atoms with Crippen molar-refractivity contribution in [3.05, 3.63) is 53.1 Å². The Morgan fingerprint density at radius 2 is 1.00 bits per heavy atom. The van der Waals surface area contributed by atoms with Crippen LogP contribution in [0.25, 0.3) is 21.8 Å². The maximum atomic E-state index is 4.72. The van der Waals surface area contributed by atoms with Gasteiger partial charge in [-0.15, -0.1) is 0 Å². The molecule has 112 valence electrons. The first-order valence-electron chi connectivity index (χ1n) is 7.92. The number of hydrogen-bond donors (Lipinski definition) is 0. The Morgan fingerprint density at radius 1 is 0.619 bits per heavy atom. The van der Waals surface area contributed by atoms with Crippen LogP contribution in [-0.4, -0.2) is 4.98 Å². The molecule has 3 aromatic rings. The fourth-order valence-electron chi connectivity index (χ4n) is 2.37. The van der Waals surface area contributed by atoms with E-state index in [0.29, 0.717) is 0 Å². The molecule has 2 aromatic carbocycles. The van der Waals surface area contributed by atoms with Crippen LogP contribution in [0.3, 0.4) is 0 Å². The molecule has 0 amide bonds. The Kier molecular flexibility index (Phi) is 6.36. The average molecular weight is 281 g/mol. The van der Waals surface area contributed by atoms with E-state index in [1.165, 1.54) is 27.5 Å². The lowest BCUT2D eigenvalue weighted by atomic mass is 10.0. The van der Waals surface area contributed by atoms with Crippen molar-refractivity contribution in [1.82, 2.24) is 4.98 Å². The normalized spacial score (nSPS) is 9.67. The van der Waals surface area contributed by atoms with Gasteiger partial charge < -0.3 is 0 Å². The van der Waals surface area contributed by atoms with Crippen molar-refractivity contribution in [3.8, 4) is 0 Å². The third-order valence-electron chi connectivity index (χ3n) is 3.35. The van der Waals surface area contributed by atoms with Crippen LogP contribution in [-0.2, 0) is 0 Å². The summed E-state index contributed by atoms with van der Waals surface area (Å²) in [6, 6.07) is 12.9. The van der Waals surface area contributed by atoms with E-state index in [9.17, 15) is 0 Å². The van der Waals surface area contributed by atoms with Crippen LogP contribution in [0, 0.1) is 20.8 Å². The highest BCUT2D eigenvalue weighted by Gasteiger charge is 2.05. The van der Waals surface area contributed by atoms with Crippen molar-refractivity contribution in [2.75, 3.05) is 0 Å². The lowest BCUT2D eigenvalue weighted by molar-refractivity contribution is 1.40. The zero-order valence-electron chi connectivity index (χ0n) is 14.4. The third kappa shape index (κ3) is 3.60. The van der Waals surface area contributed by atoms with Gasteiger partial charge in [0.05, 0.1) is 11.0 Å². The summed E-state index contributed by atoms with van der Waals surface area (Å²) in [7, 11) is 0. The molecule has 0 radical (unpaired) electrons. The van der Waals surface area contributed by atoms with Crippen LogP contribution in [0.5, 0.6) is 0 Å².